The van der Waals surface area contributed by atoms with Crippen LogP contribution in [-0.4, -0.2) is 34.8 Å². The minimum Gasteiger partial charge on any atom is -0.282 e. The molecule has 0 N–H and O–H groups in total. The summed E-state index contributed by atoms with van der Waals surface area (Å²) in [6, 6.07) is 7.59. The Morgan fingerprint density at radius 3 is 2.09 bits per heavy atom. The first-order valence-corrected chi connectivity index (χ1v) is 7.39. The minimum atomic E-state index is -5.83. The van der Waals surface area contributed by atoms with E-state index in [0.717, 1.165) is 0 Å². The van der Waals surface area contributed by atoms with Gasteiger partial charge in [-0.2, -0.15) is 26.3 Å². The van der Waals surface area contributed by atoms with Gasteiger partial charge in [0.15, 0.2) is 6.17 Å². The molecule has 0 saturated carbocycles. The van der Waals surface area contributed by atoms with Gasteiger partial charge >= 0.3 is 17.8 Å². The average molecular weight is 362 g/mol. The van der Waals surface area contributed by atoms with E-state index in [1.54, 1.807) is 18.2 Å². The smallest absolute Gasteiger partial charge is 0.282 e. The summed E-state index contributed by atoms with van der Waals surface area (Å²) in [5.41, 5.74) is 0.227. The van der Waals surface area contributed by atoms with Crippen LogP contribution < -0.4 is 0 Å². The highest BCUT2D eigenvalue weighted by Crippen LogP contribution is 2.48. The van der Waals surface area contributed by atoms with Crippen molar-refractivity contribution < 1.29 is 35.5 Å². The fourth-order valence-electron chi connectivity index (χ4n) is 1.58. The molecule has 0 bridgehead atoms. The van der Waals surface area contributed by atoms with Crippen LogP contribution in [0.15, 0.2) is 30.3 Å². The van der Waals surface area contributed by atoms with Crippen molar-refractivity contribution in [1.29, 1.82) is 0 Å². The first-order valence-electron chi connectivity index (χ1n) is 6.41. The van der Waals surface area contributed by atoms with Gasteiger partial charge in [0.05, 0.1) is 0 Å². The quantitative estimate of drug-likeness (QED) is 0.619. The molecule has 0 radical (unpaired) electrons. The van der Waals surface area contributed by atoms with Gasteiger partial charge in [-0.15, -0.1) is 0 Å². The first-order chi connectivity index (χ1) is 10.4. The Bertz CT molecular complexity index is 528. The van der Waals surface area contributed by atoms with Gasteiger partial charge in [0, 0.05) is 18.2 Å². The number of carbonyl (C=O) groups is 1. The Kier molecular flexibility index (Phi) is 6.12. The van der Waals surface area contributed by atoms with Gasteiger partial charge < -0.3 is 0 Å². The Labute approximate surface area is 132 Å². The number of benzene rings is 1. The van der Waals surface area contributed by atoms with E-state index in [4.69, 9.17) is 0 Å². The maximum atomic E-state index is 13.4. The van der Waals surface area contributed by atoms with Crippen LogP contribution in [0.25, 0.3) is 0 Å². The van der Waals surface area contributed by atoms with Gasteiger partial charge in [0.2, 0.25) is 5.12 Å². The zero-order valence-corrected chi connectivity index (χ0v) is 12.7. The lowest BCUT2D eigenvalue weighted by Crippen LogP contribution is -2.57. The molecule has 9 heteroatoms. The van der Waals surface area contributed by atoms with Crippen molar-refractivity contribution >= 4 is 16.9 Å². The summed E-state index contributed by atoms with van der Waals surface area (Å²) in [6.07, 6.45) is -4.67. The van der Waals surface area contributed by atoms with E-state index in [1.807, 2.05) is 0 Å². The molecule has 0 aromatic heterocycles. The highest BCUT2D eigenvalue weighted by molar-refractivity contribution is 8.14. The Balaban J connectivity index is 2.62. The van der Waals surface area contributed by atoms with E-state index in [-0.39, 0.29) is 5.56 Å². The molecular weight excluding hydrogens is 349 g/mol. The van der Waals surface area contributed by atoms with Crippen LogP contribution in [0.1, 0.15) is 23.7 Å². The largest absolute Gasteiger partial charge is 0.374 e. The topological polar surface area (TPSA) is 17.1 Å². The van der Waals surface area contributed by atoms with Crippen LogP contribution in [0.4, 0.5) is 30.7 Å². The van der Waals surface area contributed by atoms with Crippen LogP contribution in [0, 0.1) is 0 Å². The molecule has 0 saturated heterocycles. The molecule has 0 heterocycles. The Morgan fingerprint density at radius 2 is 1.61 bits per heavy atom. The highest BCUT2D eigenvalue weighted by Gasteiger charge is 2.72. The molecule has 1 unspecified atom stereocenters. The molecule has 0 aliphatic carbocycles. The van der Waals surface area contributed by atoms with Crippen molar-refractivity contribution in [2.24, 2.45) is 0 Å². The number of carbonyl (C=O) groups excluding carboxylic acids is 1. The fourth-order valence-corrected chi connectivity index (χ4v) is 2.40. The van der Waals surface area contributed by atoms with E-state index in [2.05, 4.69) is 0 Å². The van der Waals surface area contributed by atoms with Crippen LogP contribution in [0.5, 0.6) is 0 Å². The zero-order chi connectivity index (χ0) is 17.9. The van der Waals surface area contributed by atoms with E-state index >= 15 is 0 Å². The monoisotopic (exact) mass is 362 g/mol. The predicted molar refractivity (Wildman–Crippen MR) is 73.3 cm³/mol. The lowest BCUT2D eigenvalue weighted by Gasteiger charge is -2.32. The van der Waals surface area contributed by atoms with Crippen LogP contribution >= 0.6 is 11.8 Å². The number of hydrogen-bond acceptors (Lipinski definition) is 2. The predicted octanol–water partition coefficient (Wildman–Crippen LogP) is 5.21. The van der Waals surface area contributed by atoms with E-state index in [0.29, 0.717) is 11.8 Å². The van der Waals surface area contributed by atoms with Crippen molar-refractivity contribution in [1.82, 2.24) is 0 Å². The van der Waals surface area contributed by atoms with Crippen molar-refractivity contribution in [3.8, 4) is 0 Å². The molecule has 0 spiro atoms. The van der Waals surface area contributed by atoms with E-state index < -0.39 is 48.2 Å². The maximum Gasteiger partial charge on any atom is 0.374 e. The molecule has 0 aliphatic heterocycles. The molecule has 1 rings (SSSR count). The van der Waals surface area contributed by atoms with Crippen molar-refractivity contribution in [2.75, 3.05) is 5.75 Å². The van der Waals surface area contributed by atoms with E-state index in [1.165, 1.54) is 12.1 Å². The Morgan fingerprint density at radius 1 is 1.09 bits per heavy atom. The lowest BCUT2D eigenvalue weighted by molar-refractivity contribution is -0.319. The summed E-state index contributed by atoms with van der Waals surface area (Å²) in [5.74, 6) is -17.0. The number of thioether (sulfide) groups is 1. The van der Waals surface area contributed by atoms with Gasteiger partial charge in [0.25, 0.3) is 0 Å². The second-order valence-corrected chi connectivity index (χ2v) is 5.91. The number of hydrogen-bond donors (Lipinski definition) is 0. The third-order valence-corrected chi connectivity index (χ3v) is 3.92. The minimum absolute atomic E-state index is 0.227. The van der Waals surface area contributed by atoms with Crippen LogP contribution in [0.2, 0.25) is 0 Å². The first kappa shape index (κ1) is 19.8. The molecular formula is C14H13F7OS. The summed E-state index contributed by atoms with van der Waals surface area (Å²) in [5, 5.41) is -0.561. The molecule has 130 valence electrons. The second-order valence-electron chi connectivity index (χ2n) is 4.84. The molecule has 23 heavy (non-hydrogen) atoms. The fraction of sp³-hybridized carbons (Fsp3) is 0.500. The lowest BCUT2D eigenvalue weighted by atomic mass is 10.00. The number of rotatable bonds is 7. The molecule has 0 fully saturated rings. The number of alkyl halides is 7. The summed E-state index contributed by atoms with van der Waals surface area (Å²) < 4.78 is 91.0. The molecule has 0 amide bonds. The maximum absolute atomic E-state index is 13.4. The summed E-state index contributed by atoms with van der Waals surface area (Å²) in [6.45, 7) is -0.401. The van der Waals surface area contributed by atoms with Crippen LogP contribution in [0.3, 0.4) is 0 Å². The van der Waals surface area contributed by atoms with Crippen molar-refractivity contribution in [2.45, 2.75) is 37.3 Å². The molecule has 0 aliphatic rings. The summed E-state index contributed by atoms with van der Waals surface area (Å²) >= 11 is 0.447. The molecule has 1 aromatic carbocycles. The highest BCUT2D eigenvalue weighted by atomic mass is 32.2. The normalized spacial score (nSPS) is 14.6. The van der Waals surface area contributed by atoms with Gasteiger partial charge in [0.1, 0.15) is 0 Å². The third kappa shape index (κ3) is 4.39. The van der Waals surface area contributed by atoms with Crippen molar-refractivity contribution in [3.63, 3.8) is 0 Å². The summed E-state index contributed by atoms with van der Waals surface area (Å²) in [4.78, 5) is 11.6. The Hall–Kier alpha value is -1.25. The molecule has 1 nitrogen and oxygen atoms in total. The van der Waals surface area contributed by atoms with Gasteiger partial charge in [-0.05, 0) is 6.42 Å². The zero-order valence-electron chi connectivity index (χ0n) is 11.8. The van der Waals surface area contributed by atoms with Crippen LogP contribution in [-0.2, 0) is 0 Å². The third-order valence-electron chi connectivity index (χ3n) is 2.98. The average Bonchev–Trinajstić information content (AvgIpc) is 2.46. The van der Waals surface area contributed by atoms with E-state index in [9.17, 15) is 35.5 Å². The van der Waals surface area contributed by atoms with Gasteiger partial charge in [-0.3, -0.25) is 4.79 Å². The number of halogens is 7. The SMILES string of the molecule is CC(F)(F)C(F)(F)C(F)(F)C(F)CCSC(=O)c1ccccc1. The molecule has 1 atom stereocenters. The second kappa shape index (κ2) is 7.11. The van der Waals surface area contributed by atoms with Crippen molar-refractivity contribution in [3.05, 3.63) is 35.9 Å². The van der Waals surface area contributed by atoms with Gasteiger partial charge in [-0.1, -0.05) is 42.1 Å². The molecule has 1 aromatic rings. The van der Waals surface area contributed by atoms with Gasteiger partial charge in [-0.25, -0.2) is 4.39 Å². The standard InChI is InChI=1S/C14H13F7OS/c1-12(16,17)14(20,21)13(18,19)10(15)7-8-23-11(22)9-5-3-2-4-6-9/h2-6,10H,7-8H2,1H3. The summed E-state index contributed by atoms with van der Waals surface area (Å²) in [7, 11) is 0.